The van der Waals surface area contributed by atoms with Gasteiger partial charge in [0.1, 0.15) is 0 Å². The second-order valence-corrected chi connectivity index (χ2v) is 24.4. The summed E-state index contributed by atoms with van der Waals surface area (Å²) >= 11 is 0. The zero-order valence-corrected chi connectivity index (χ0v) is 43.1. The summed E-state index contributed by atoms with van der Waals surface area (Å²) in [6.45, 7) is 28.3. The number of nitrogens with zero attached hydrogens (tertiary/aromatic N) is 3. The van der Waals surface area contributed by atoms with Crippen LogP contribution in [0, 0.1) is 0 Å². The van der Waals surface area contributed by atoms with E-state index in [1.165, 1.54) is 133 Å². The van der Waals surface area contributed by atoms with Gasteiger partial charge in [-0.05, 0) is 143 Å². The molecular weight excluding hydrogens is 858 g/mol. The predicted octanol–water partition coefficient (Wildman–Crippen LogP) is 15.7. The van der Waals surface area contributed by atoms with Crippen LogP contribution in [0.5, 0.6) is 0 Å². The molecule has 0 N–H and O–H groups in total. The van der Waals surface area contributed by atoms with E-state index in [9.17, 15) is 0 Å². The lowest BCUT2D eigenvalue weighted by Crippen LogP contribution is -2.60. The number of benzene rings is 8. The van der Waals surface area contributed by atoms with E-state index in [1.54, 1.807) is 0 Å². The molecule has 8 aromatic carbocycles. The van der Waals surface area contributed by atoms with Crippen molar-refractivity contribution in [2.75, 3.05) is 16.8 Å². The van der Waals surface area contributed by atoms with E-state index in [-0.39, 0.29) is 28.5 Å². The van der Waals surface area contributed by atoms with Crippen molar-refractivity contribution < 1.29 is 0 Å². The minimum absolute atomic E-state index is 0.0188. The Kier molecular flexibility index (Phi) is 8.25. The topological polar surface area (TPSA) is 11.4 Å². The number of aromatic nitrogens is 1. The summed E-state index contributed by atoms with van der Waals surface area (Å²) in [4.78, 5) is 5.11. The maximum atomic E-state index is 4.81. The molecule has 0 fully saturated rings. The molecule has 2 aliphatic carbocycles. The van der Waals surface area contributed by atoms with Gasteiger partial charge in [-0.25, -0.2) is 0 Å². The van der Waals surface area contributed by atoms with Gasteiger partial charge in [0, 0.05) is 62.5 Å². The largest absolute Gasteiger partial charge is 0.376 e. The van der Waals surface area contributed by atoms with Crippen molar-refractivity contribution in [2.45, 2.75) is 90.9 Å². The zero-order chi connectivity index (χ0) is 49.0. The molecule has 14 rings (SSSR count). The molecule has 0 saturated carbocycles. The number of rotatable bonds is 2. The van der Waals surface area contributed by atoms with Crippen LogP contribution in [0.15, 0.2) is 158 Å². The van der Waals surface area contributed by atoms with Gasteiger partial charge in [-0.1, -0.05) is 179 Å². The Bertz CT molecular complexity index is 3920. The van der Waals surface area contributed by atoms with Gasteiger partial charge in [0.05, 0.1) is 16.7 Å². The van der Waals surface area contributed by atoms with Crippen molar-refractivity contribution in [1.29, 1.82) is 0 Å². The smallest absolute Gasteiger partial charge is 0.333 e. The van der Waals surface area contributed by atoms with Gasteiger partial charge >= 0.3 is 6.85 Å². The van der Waals surface area contributed by atoms with Gasteiger partial charge < -0.3 is 14.3 Å². The third-order valence-corrected chi connectivity index (χ3v) is 17.6. The standard InChI is InChI=1S/C67H60BN3/c1-38-30-57(39-18-14-13-15-19-39)69(12)58-37-61-56(34-46(38)58)68-62-44(27-28-45-51-33-54-49(35-59(51)70(61)63(45)62)43-20-16-17-21-52(43)66(54,8)9)50-32-48-47-31-41(65(5,6)7)24-29-53(47)67(10,11)55(48)36-60(50)71(68)42-25-22-40(23-26-42)64(2,3)4/h13-37H,1H2,2-12H3. The van der Waals surface area contributed by atoms with E-state index in [0.29, 0.717) is 0 Å². The summed E-state index contributed by atoms with van der Waals surface area (Å²) in [6, 6.07) is 56.8. The van der Waals surface area contributed by atoms with Crippen molar-refractivity contribution in [3.05, 3.63) is 203 Å². The van der Waals surface area contributed by atoms with Gasteiger partial charge in [-0.15, -0.1) is 0 Å². The minimum Gasteiger partial charge on any atom is -0.376 e. The molecule has 0 radical (unpaired) electrons. The van der Waals surface area contributed by atoms with Crippen molar-refractivity contribution in [1.82, 2.24) is 4.57 Å². The Morgan fingerprint density at radius 3 is 1.87 bits per heavy atom. The van der Waals surface area contributed by atoms with Gasteiger partial charge in [-0.3, -0.25) is 0 Å². The molecule has 4 heteroatoms. The Labute approximate surface area is 419 Å². The molecule has 4 heterocycles. The van der Waals surface area contributed by atoms with Gasteiger partial charge in [-0.2, -0.15) is 0 Å². The molecule has 0 bridgehead atoms. The summed E-state index contributed by atoms with van der Waals surface area (Å²) < 4.78 is 2.66. The predicted molar refractivity (Wildman–Crippen MR) is 304 cm³/mol. The molecule has 0 spiro atoms. The number of hydrogen-bond donors (Lipinski definition) is 0. The second-order valence-electron chi connectivity index (χ2n) is 24.4. The Morgan fingerprint density at radius 1 is 0.493 bits per heavy atom. The first-order chi connectivity index (χ1) is 33.8. The number of fused-ring (bicyclic) bond motifs is 15. The highest BCUT2D eigenvalue weighted by Crippen LogP contribution is 2.57. The lowest BCUT2D eigenvalue weighted by molar-refractivity contribution is 0.589. The van der Waals surface area contributed by atoms with Crippen LogP contribution in [0.2, 0.25) is 0 Å². The highest BCUT2D eigenvalue weighted by atomic mass is 15.1. The molecular formula is C67H60BN3. The summed E-state index contributed by atoms with van der Waals surface area (Å²) in [5.74, 6) is 0. The van der Waals surface area contributed by atoms with E-state index in [4.69, 9.17) is 6.58 Å². The van der Waals surface area contributed by atoms with E-state index >= 15 is 0 Å². The molecule has 5 aliphatic rings. The van der Waals surface area contributed by atoms with Gasteiger partial charge in [0.25, 0.3) is 0 Å². The van der Waals surface area contributed by atoms with Crippen molar-refractivity contribution in [2.24, 2.45) is 0 Å². The molecule has 1 aromatic heterocycles. The number of allylic oxidation sites excluding steroid dienone is 2. The van der Waals surface area contributed by atoms with Gasteiger partial charge in [0.2, 0.25) is 0 Å². The first-order valence-electron chi connectivity index (χ1n) is 25.7. The molecule has 3 aliphatic heterocycles. The maximum absolute atomic E-state index is 4.81. The van der Waals surface area contributed by atoms with Crippen LogP contribution in [0.25, 0.3) is 72.1 Å². The van der Waals surface area contributed by atoms with E-state index in [0.717, 1.165) is 11.3 Å². The second kappa shape index (κ2) is 13.8. The number of hydrogen-bond acceptors (Lipinski definition) is 2. The average molecular weight is 918 g/mol. The Morgan fingerprint density at radius 2 is 1.14 bits per heavy atom. The molecule has 0 saturated heterocycles. The Balaban J connectivity index is 1.12. The summed E-state index contributed by atoms with van der Waals surface area (Å²) in [7, 11) is 2.23. The Hall–Kier alpha value is -7.30. The summed E-state index contributed by atoms with van der Waals surface area (Å²) in [5.41, 5.74) is 30.6. The first kappa shape index (κ1) is 42.6. The van der Waals surface area contributed by atoms with Crippen LogP contribution in [-0.4, -0.2) is 18.5 Å². The number of anilines is 3. The van der Waals surface area contributed by atoms with E-state index < -0.39 is 0 Å². The van der Waals surface area contributed by atoms with E-state index in [1.807, 2.05) is 0 Å². The summed E-state index contributed by atoms with van der Waals surface area (Å²) in [6.07, 6.45) is 2.28. The van der Waals surface area contributed by atoms with Gasteiger partial charge in [0.15, 0.2) is 0 Å². The highest BCUT2D eigenvalue weighted by molar-refractivity contribution is 6.93. The van der Waals surface area contributed by atoms with Crippen LogP contribution in [-0.2, 0) is 21.7 Å². The first-order valence-corrected chi connectivity index (χ1v) is 25.7. The molecule has 0 atom stereocenters. The normalized spacial score (nSPS) is 16.4. The van der Waals surface area contributed by atoms with Crippen molar-refractivity contribution in [3.8, 4) is 39.1 Å². The molecule has 0 amide bonds. The fraction of sp³-hybridized carbons (Fsp3) is 0.224. The fourth-order valence-corrected chi connectivity index (χ4v) is 13.6. The lowest BCUT2D eigenvalue weighted by Gasteiger charge is -2.43. The maximum Gasteiger partial charge on any atom is 0.333 e. The monoisotopic (exact) mass is 917 g/mol. The van der Waals surface area contributed by atoms with Crippen LogP contribution in [0.3, 0.4) is 0 Å². The summed E-state index contributed by atoms with van der Waals surface area (Å²) in [5, 5.41) is 2.61. The van der Waals surface area contributed by atoms with Crippen molar-refractivity contribution >= 4 is 67.9 Å². The molecule has 3 nitrogen and oxygen atoms in total. The van der Waals surface area contributed by atoms with Crippen LogP contribution < -0.4 is 20.6 Å². The third kappa shape index (κ3) is 5.57. The zero-order valence-electron chi connectivity index (χ0n) is 43.1. The SMILES string of the molecule is C=C1C=C(c2ccccc2)N(C)c2cc3c(cc21)B1c2c(ccc4c5cc6c(cc5n-3c24)-c2ccccc2C6(C)C)-c2cc3c(cc2N1c1ccc(C(C)(C)C)cc1)C(C)(C)c1ccc(C(C)(C)C)cc1-3. The fourth-order valence-electron chi connectivity index (χ4n) is 13.6. The van der Waals surface area contributed by atoms with Crippen molar-refractivity contribution in [3.63, 3.8) is 0 Å². The molecule has 346 valence electrons. The highest BCUT2D eigenvalue weighted by Gasteiger charge is 2.47. The quantitative estimate of drug-likeness (QED) is 0.160. The third-order valence-electron chi connectivity index (χ3n) is 17.6. The van der Waals surface area contributed by atoms with Crippen LogP contribution in [0.1, 0.15) is 114 Å². The average Bonchev–Trinajstić information content (AvgIpc) is 3.89. The molecule has 9 aromatic rings. The van der Waals surface area contributed by atoms with Crippen LogP contribution >= 0.6 is 0 Å². The van der Waals surface area contributed by atoms with Crippen LogP contribution in [0.4, 0.5) is 17.1 Å². The molecule has 0 unspecified atom stereocenters. The lowest BCUT2D eigenvalue weighted by atomic mass is 9.43. The van der Waals surface area contributed by atoms with E-state index in [2.05, 4.69) is 242 Å². The minimum atomic E-state index is -0.185. The molecule has 71 heavy (non-hydrogen) atoms.